The van der Waals surface area contributed by atoms with Gasteiger partial charge in [0.25, 0.3) is 0 Å². The molecule has 0 aliphatic carbocycles. The fourth-order valence-electron chi connectivity index (χ4n) is 2.91. The molecule has 1 aromatic rings. The van der Waals surface area contributed by atoms with Crippen LogP contribution in [0.25, 0.3) is 0 Å². The lowest BCUT2D eigenvalue weighted by molar-refractivity contribution is -0.153. The van der Waals surface area contributed by atoms with Crippen molar-refractivity contribution < 1.29 is 28.6 Å². The fraction of sp³-hybridized carbons (Fsp3) is 0.500. The number of carbonyl (C=O) groups excluding carboxylic acids is 3. The molecule has 7 heteroatoms. The van der Waals surface area contributed by atoms with Gasteiger partial charge in [0.1, 0.15) is 19.3 Å². The van der Waals surface area contributed by atoms with Crippen molar-refractivity contribution in [1.82, 2.24) is 5.32 Å². The maximum atomic E-state index is 12.7. The molecule has 1 aromatic carbocycles. The second-order valence-electron chi connectivity index (χ2n) is 7.23. The summed E-state index contributed by atoms with van der Waals surface area (Å²) in [5.74, 6) is -1.99. The Balaban J connectivity index is 2.20. The predicted molar refractivity (Wildman–Crippen MR) is 107 cm³/mol. The molecule has 0 fully saturated rings. The Morgan fingerprint density at radius 1 is 1.07 bits per heavy atom. The summed E-state index contributed by atoms with van der Waals surface area (Å²) in [4.78, 5) is 37.1. The number of hydrogen-bond donors (Lipinski definition) is 1. The van der Waals surface area contributed by atoms with E-state index in [0.29, 0.717) is 6.42 Å². The summed E-state index contributed by atoms with van der Waals surface area (Å²) in [6.07, 6.45) is 3.56. The number of esters is 2. The summed E-state index contributed by atoms with van der Waals surface area (Å²) in [6, 6.07) is 8.52. The van der Waals surface area contributed by atoms with Crippen molar-refractivity contribution >= 4 is 17.8 Å². The van der Waals surface area contributed by atoms with Crippen LogP contribution in [-0.4, -0.2) is 50.3 Å². The number of nitrogens with one attached hydrogen (secondary N) is 1. The van der Waals surface area contributed by atoms with Crippen molar-refractivity contribution in [2.24, 2.45) is 11.8 Å². The number of amides is 1. The van der Waals surface area contributed by atoms with Gasteiger partial charge < -0.3 is 19.5 Å². The quantitative estimate of drug-likeness (QED) is 0.614. The molecule has 1 aliphatic heterocycles. The van der Waals surface area contributed by atoms with Crippen LogP contribution in [0.4, 0.5) is 0 Å². The van der Waals surface area contributed by atoms with Gasteiger partial charge >= 0.3 is 11.9 Å². The summed E-state index contributed by atoms with van der Waals surface area (Å²) in [7, 11) is 1.54. The fourth-order valence-corrected chi connectivity index (χ4v) is 2.91. The van der Waals surface area contributed by atoms with E-state index in [4.69, 9.17) is 14.2 Å². The zero-order valence-electron chi connectivity index (χ0n) is 17.1. The SMILES string of the molecule is CO[C@H]1COC(=O)[C@@H](Cc2ccccc2)NC(=O)[C@@H](C)COC(=O)C/C=C/[C@@H]1C. The van der Waals surface area contributed by atoms with E-state index in [-0.39, 0.29) is 37.6 Å². The molecule has 0 unspecified atom stereocenters. The Hall–Kier alpha value is -2.67. The molecule has 7 nitrogen and oxygen atoms in total. The zero-order chi connectivity index (χ0) is 21.2. The minimum Gasteiger partial charge on any atom is -0.465 e. The van der Waals surface area contributed by atoms with E-state index < -0.39 is 23.9 Å². The number of methoxy groups -OCH3 is 1. The third kappa shape index (κ3) is 7.34. The smallest absolute Gasteiger partial charge is 0.329 e. The molecular formula is C22H29NO6. The van der Waals surface area contributed by atoms with Crippen molar-refractivity contribution in [3.05, 3.63) is 48.0 Å². The molecule has 0 spiro atoms. The van der Waals surface area contributed by atoms with Gasteiger partial charge in [-0.2, -0.15) is 0 Å². The number of hydrogen-bond acceptors (Lipinski definition) is 6. The number of carbonyl (C=O) groups is 3. The van der Waals surface area contributed by atoms with E-state index in [1.165, 1.54) is 7.11 Å². The van der Waals surface area contributed by atoms with Gasteiger partial charge in [-0.05, 0) is 5.56 Å². The average Bonchev–Trinajstić information content (AvgIpc) is 2.72. The van der Waals surface area contributed by atoms with Gasteiger partial charge in [0.2, 0.25) is 5.91 Å². The van der Waals surface area contributed by atoms with Crippen LogP contribution in [0.3, 0.4) is 0 Å². The van der Waals surface area contributed by atoms with Crippen molar-refractivity contribution in [3.63, 3.8) is 0 Å². The lowest BCUT2D eigenvalue weighted by Crippen LogP contribution is -2.46. The first-order chi connectivity index (χ1) is 13.9. The predicted octanol–water partition coefficient (Wildman–Crippen LogP) is 2.05. The van der Waals surface area contributed by atoms with Crippen molar-refractivity contribution in [2.45, 2.75) is 38.8 Å². The van der Waals surface area contributed by atoms with Crippen LogP contribution < -0.4 is 5.32 Å². The van der Waals surface area contributed by atoms with E-state index >= 15 is 0 Å². The topological polar surface area (TPSA) is 90.9 Å². The monoisotopic (exact) mass is 403 g/mol. The summed E-state index contributed by atoms with van der Waals surface area (Å²) >= 11 is 0. The molecule has 0 aromatic heterocycles. The lowest BCUT2D eigenvalue weighted by atomic mass is 10.0. The molecule has 1 heterocycles. The third-order valence-corrected chi connectivity index (χ3v) is 4.83. The number of rotatable bonds is 3. The summed E-state index contributed by atoms with van der Waals surface area (Å²) < 4.78 is 16.1. The Labute approximate surface area is 171 Å². The molecule has 1 amide bonds. The van der Waals surface area contributed by atoms with Gasteiger partial charge in [-0.15, -0.1) is 0 Å². The molecule has 0 saturated carbocycles. The summed E-state index contributed by atoms with van der Waals surface area (Å²) in [5.41, 5.74) is 0.895. The van der Waals surface area contributed by atoms with Gasteiger partial charge in [0.05, 0.1) is 18.4 Å². The van der Waals surface area contributed by atoms with E-state index in [2.05, 4.69) is 5.32 Å². The van der Waals surface area contributed by atoms with Gasteiger partial charge in [-0.25, -0.2) is 4.79 Å². The van der Waals surface area contributed by atoms with Gasteiger partial charge in [-0.3, -0.25) is 9.59 Å². The molecule has 0 saturated heterocycles. The van der Waals surface area contributed by atoms with Gasteiger partial charge in [0.15, 0.2) is 0 Å². The van der Waals surface area contributed by atoms with Crippen molar-refractivity contribution in [3.8, 4) is 0 Å². The largest absolute Gasteiger partial charge is 0.465 e. The van der Waals surface area contributed by atoms with E-state index in [1.54, 1.807) is 13.0 Å². The highest BCUT2D eigenvalue weighted by atomic mass is 16.6. The number of cyclic esters (lactones) is 2. The molecule has 0 bridgehead atoms. The normalized spacial score (nSPS) is 28.3. The van der Waals surface area contributed by atoms with Crippen molar-refractivity contribution in [1.29, 1.82) is 0 Å². The van der Waals surface area contributed by atoms with Crippen LogP contribution in [0.2, 0.25) is 0 Å². The highest BCUT2D eigenvalue weighted by Crippen LogP contribution is 2.13. The van der Waals surface area contributed by atoms with Crippen LogP contribution in [0, 0.1) is 11.8 Å². The van der Waals surface area contributed by atoms with Gasteiger partial charge in [0, 0.05) is 19.4 Å². The molecule has 4 atom stereocenters. The lowest BCUT2D eigenvalue weighted by Gasteiger charge is -2.23. The molecule has 158 valence electrons. The Bertz CT molecular complexity index is 717. The first kappa shape index (κ1) is 22.6. The number of ether oxygens (including phenoxy) is 3. The Morgan fingerprint density at radius 3 is 2.48 bits per heavy atom. The Kier molecular flexibility index (Phi) is 8.86. The van der Waals surface area contributed by atoms with Crippen LogP contribution >= 0.6 is 0 Å². The van der Waals surface area contributed by atoms with E-state index in [9.17, 15) is 14.4 Å². The highest BCUT2D eigenvalue weighted by molar-refractivity contribution is 5.86. The molecule has 1 N–H and O–H groups in total. The van der Waals surface area contributed by atoms with E-state index in [0.717, 1.165) is 5.56 Å². The second kappa shape index (κ2) is 11.4. The highest BCUT2D eigenvalue weighted by Gasteiger charge is 2.27. The zero-order valence-corrected chi connectivity index (χ0v) is 17.1. The van der Waals surface area contributed by atoms with Crippen LogP contribution in [0.5, 0.6) is 0 Å². The average molecular weight is 403 g/mol. The molecule has 0 radical (unpaired) electrons. The van der Waals surface area contributed by atoms with Gasteiger partial charge in [-0.1, -0.05) is 56.3 Å². The standard InChI is InChI=1S/C22H29NO6/c1-15-8-7-11-20(24)28-13-16(2)21(25)23-18(12-17-9-5-4-6-10-17)22(26)29-14-19(15)27-3/h4-10,15-16,18-19H,11-14H2,1-3H3,(H,23,25)/b8-7+/t15-,16-,18+,19-/m0/s1. The minimum absolute atomic E-state index is 0.0437. The second-order valence-corrected chi connectivity index (χ2v) is 7.23. The van der Waals surface area contributed by atoms with Crippen LogP contribution in [0.1, 0.15) is 25.8 Å². The molecule has 29 heavy (non-hydrogen) atoms. The summed E-state index contributed by atoms with van der Waals surface area (Å²) in [6.45, 7) is 3.54. The minimum atomic E-state index is -0.850. The maximum Gasteiger partial charge on any atom is 0.329 e. The van der Waals surface area contributed by atoms with Crippen molar-refractivity contribution in [2.75, 3.05) is 20.3 Å². The Morgan fingerprint density at radius 2 is 1.79 bits per heavy atom. The maximum absolute atomic E-state index is 12.7. The summed E-state index contributed by atoms with van der Waals surface area (Å²) in [5, 5.41) is 2.73. The van der Waals surface area contributed by atoms with Crippen LogP contribution in [-0.2, 0) is 35.0 Å². The first-order valence-corrected chi connectivity index (χ1v) is 9.76. The molecule has 1 aliphatic rings. The number of benzene rings is 1. The molecular weight excluding hydrogens is 374 g/mol. The first-order valence-electron chi connectivity index (χ1n) is 9.76. The molecule has 2 rings (SSSR count). The van der Waals surface area contributed by atoms with Crippen LogP contribution in [0.15, 0.2) is 42.5 Å². The van der Waals surface area contributed by atoms with E-state index in [1.807, 2.05) is 43.3 Å². The third-order valence-electron chi connectivity index (χ3n) is 4.83.